The molecule has 23 heavy (non-hydrogen) atoms. The highest BCUT2D eigenvalue weighted by Gasteiger charge is 2.33. The molecule has 0 aliphatic carbocycles. The molecule has 0 aliphatic heterocycles. The molecule has 0 unspecified atom stereocenters. The first kappa shape index (κ1) is 22.4. The molecule has 0 amide bonds. The molecule has 2 nitrogen and oxygen atoms in total. The predicted octanol–water partition coefficient (Wildman–Crippen LogP) is 5.91. The molecule has 0 heterocycles. The average molecular weight is 338 g/mol. The summed E-state index contributed by atoms with van der Waals surface area (Å²) in [4.78, 5) is 0. The van der Waals surface area contributed by atoms with Crippen LogP contribution in [0.15, 0.2) is 12.7 Å². The summed E-state index contributed by atoms with van der Waals surface area (Å²) >= 11 is 0. The van der Waals surface area contributed by atoms with Gasteiger partial charge in [-0.25, -0.2) is 0 Å². The molecular weight excluding hydrogens is 305 g/mol. The summed E-state index contributed by atoms with van der Waals surface area (Å²) < 4.78 is 48.8. The molecule has 0 atom stereocenters. The fraction of sp³-hybridized carbons (Fsp3) is 0.889. The van der Waals surface area contributed by atoms with E-state index in [1.165, 1.54) is 0 Å². The summed E-state index contributed by atoms with van der Waals surface area (Å²) in [5, 5.41) is 0. The van der Waals surface area contributed by atoms with Crippen molar-refractivity contribution in [1.29, 1.82) is 0 Å². The third kappa shape index (κ3) is 12.5. The Morgan fingerprint density at radius 2 is 1.39 bits per heavy atom. The maximum absolute atomic E-state index is 12.4. The van der Waals surface area contributed by atoms with Crippen LogP contribution in [0.1, 0.15) is 65.2 Å². The van der Waals surface area contributed by atoms with E-state index in [4.69, 9.17) is 9.47 Å². The van der Waals surface area contributed by atoms with Crippen LogP contribution in [-0.2, 0) is 9.47 Å². The van der Waals surface area contributed by atoms with Crippen molar-refractivity contribution in [3.05, 3.63) is 12.7 Å². The Bertz CT molecular complexity index is 278. The lowest BCUT2D eigenvalue weighted by Crippen LogP contribution is -2.33. The van der Waals surface area contributed by atoms with Crippen molar-refractivity contribution < 1.29 is 22.6 Å². The molecule has 0 aromatic carbocycles. The second-order valence-corrected chi connectivity index (χ2v) is 6.27. The third-order valence-electron chi connectivity index (χ3n) is 3.85. The minimum atomic E-state index is -4.11. The summed E-state index contributed by atoms with van der Waals surface area (Å²) in [6.45, 7) is 10.1. The number of rotatable bonds is 15. The van der Waals surface area contributed by atoms with Crippen LogP contribution < -0.4 is 0 Å². The van der Waals surface area contributed by atoms with E-state index < -0.39 is 18.0 Å². The monoisotopic (exact) mass is 338 g/mol. The Hall–Kier alpha value is -0.550. The number of hydrogen-bond donors (Lipinski definition) is 0. The quantitative estimate of drug-likeness (QED) is 0.273. The Morgan fingerprint density at radius 1 is 0.870 bits per heavy atom. The number of unbranched alkanes of at least 4 members (excludes halogenated alkanes) is 2. The number of hydrogen-bond acceptors (Lipinski definition) is 2. The van der Waals surface area contributed by atoms with Crippen molar-refractivity contribution in [3.8, 4) is 0 Å². The summed E-state index contributed by atoms with van der Waals surface area (Å²) in [7, 11) is 0. The topological polar surface area (TPSA) is 18.5 Å². The van der Waals surface area contributed by atoms with Gasteiger partial charge in [-0.05, 0) is 32.1 Å². The van der Waals surface area contributed by atoms with Crippen molar-refractivity contribution in [2.75, 3.05) is 26.4 Å². The summed E-state index contributed by atoms with van der Waals surface area (Å²) in [5.74, 6) is 0. The van der Waals surface area contributed by atoms with E-state index in [1.807, 2.05) is 0 Å². The molecule has 0 aliphatic rings. The van der Waals surface area contributed by atoms with E-state index in [0.29, 0.717) is 39.3 Å². The smallest absolute Gasteiger partial charge is 0.381 e. The van der Waals surface area contributed by atoms with Gasteiger partial charge < -0.3 is 9.47 Å². The molecule has 0 saturated heterocycles. The zero-order valence-corrected chi connectivity index (χ0v) is 14.7. The van der Waals surface area contributed by atoms with E-state index in [0.717, 1.165) is 25.7 Å². The van der Waals surface area contributed by atoms with Gasteiger partial charge in [0, 0.05) is 25.0 Å². The molecule has 0 aromatic heterocycles. The lowest BCUT2D eigenvalue weighted by Gasteiger charge is -2.33. The number of ether oxygens (including phenoxy) is 2. The van der Waals surface area contributed by atoms with E-state index in [1.54, 1.807) is 6.08 Å². The molecule has 0 bridgehead atoms. The Labute approximate surface area is 139 Å². The molecule has 0 rings (SSSR count). The Morgan fingerprint density at radius 3 is 1.78 bits per heavy atom. The molecule has 0 fully saturated rings. The van der Waals surface area contributed by atoms with Gasteiger partial charge >= 0.3 is 6.18 Å². The maximum Gasteiger partial charge on any atom is 0.389 e. The number of halogens is 3. The Kier molecular flexibility index (Phi) is 12.5. The highest BCUT2D eigenvalue weighted by molar-refractivity contribution is 4.87. The highest BCUT2D eigenvalue weighted by Crippen LogP contribution is 2.33. The van der Waals surface area contributed by atoms with E-state index in [2.05, 4.69) is 20.4 Å². The molecule has 0 spiro atoms. The third-order valence-corrected chi connectivity index (χ3v) is 3.85. The van der Waals surface area contributed by atoms with Crippen LogP contribution in [0, 0.1) is 5.41 Å². The van der Waals surface area contributed by atoms with Gasteiger partial charge in [-0.1, -0.05) is 32.8 Å². The SMILES string of the molecule is C=CCC(CCCC(F)(F)F)(COCCCC)COCCCC. The average Bonchev–Trinajstić information content (AvgIpc) is 2.47. The van der Waals surface area contributed by atoms with Crippen molar-refractivity contribution in [1.82, 2.24) is 0 Å². The summed E-state index contributed by atoms with van der Waals surface area (Å²) in [6.07, 6.45) is 2.06. The normalized spacial score (nSPS) is 12.6. The second-order valence-electron chi connectivity index (χ2n) is 6.27. The van der Waals surface area contributed by atoms with E-state index in [-0.39, 0.29) is 6.42 Å². The maximum atomic E-state index is 12.4. The van der Waals surface area contributed by atoms with Gasteiger partial charge in [-0.2, -0.15) is 13.2 Å². The van der Waals surface area contributed by atoms with Gasteiger partial charge in [0.05, 0.1) is 13.2 Å². The first-order chi connectivity index (χ1) is 10.9. The number of allylic oxidation sites excluding steroid dienone is 1. The largest absolute Gasteiger partial charge is 0.389 e. The van der Waals surface area contributed by atoms with Crippen LogP contribution in [0.5, 0.6) is 0 Å². The first-order valence-electron chi connectivity index (χ1n) is 8.72. The fourth-order valence-corrected chi connectivity index (χ4v) is 2.45. The van der Waals surface area contributed by atoms with Crippen molar-refractivity contribution in [2.24, 2.45) is 5.41 Å². The molecule has 0 radical (unpaired) electrons. The predicted molar refractivity (Wildman–Crippen MR) is 88.6 cm³/mol. The fourth-order valence-electron chi connectivity index (χ4n) is 2.45. The van der Waals surface area contributed by atoms with Crippen LogP contribution in [0.4, 0.5) is 13.2 Å². The standard InChI is InChI=1S/C18H33F3O2/c1-4-7-13-22-15-17(10-6-3,16-23-14-8-5-2)11-9-12-18(19,20)21/h6H,3-5,7-16H2,1-2H3. The zero-order valence-electron chi connectivity index (χ0n) is 14.7. The van der Waals surface area contributed by atoms with Crippen LogP contribution in [0.3, 0.4) is 0 Å². The van der Waals surface area contributed by atoms with Crippen LogP contribution >= 0.6 is 0 Å². The van der Waals surface area contributed by atoms with Crippen LogP contribution in [0.2, 0.25) is 0 Å². The minimum absolute atomic E-state index is 0.103. The van der Waals surface area contributed by atoms with Crippen LogP contribution in [0.25, 0.3) is 0 Å². The molecule has 0 aromatic rings. The van der Waals surface area contributed by atoms with Crippen LogP contribution in [-0.4, -0.2) is 32.6 Å². The van der Waals surface area contributed by atoms with Crippen molar-refractivity contribution in [2.45, 2.75) is 71.4 Å². The second kappa shape index (κ2) is 12.8. The Balaban J connectivity index is 4.60. The highest BCUT2D eigenvalue weighted by atomic mass is 19.4. The minimum Gasteiger partial charge on any atom is -0.381 e. The van der Waals surface area contributed by atoms with Gasteiger partial charge in [-0.3, -0.25) is 0 Å². The molecule has 0 saturated carbocycles. The molecule has 138 valence electrons. The molecule has 5 heteroatoms. The van der Waals surface area contributed by atoms with Gasteiger partial charge in [0.15, 0.2) is 0 Å². The summed E-state index contributed by atoms with van der Waals surface area (Å²) in [6, 6.07) is 0. The van der Waals surface area contributed by atoms with Gasteiger partial charge in [-0.15, -0.1) is 6.58 Å². The van der Waals surface area contributed by atoms with Crippen molar-refractivity contribution in [3.63, 3.8) is 0 Å². The lowest BCUT2D eigenvalue weighted by molar-refractivity contribution is -0.138. The van der Waals surface area contributed by atoms with E-state index in [9.17, 15) is 13.2 Å². The van der Waals surface area contributed by atoms with Gasteiger partial charge in [0.1, 0.15) is 0 Å². The molecular formula is C18H33F3O2. The zero-order chi connectivity index (χ0) is 17.6. The summed E-state index contributed by atoms with van der Waals surface area (Å²) in [5.41, 5.74) is -0.394. The van der Waals surface area contributed by atoms with Gasteiger partial charge in [0.25, 0.3) is 0 Å². The first-order valence-corrected chi connectivity index (χ1v) is 8.72. The van der Waals surface area contributed by atoms with E-state index >= 15 is 0 Å². The lowest BCUT2D eigenvalue weighted by atomic mass is 9.81. The van der Waals surface area contributed by atoms with Gasteiger partial charge in [0.2, 0.25) is 0 Å². The number of alkyl halides is 3. The molecule has 0 N–H and O–H groups in total. The van der Waals surface area contributed by atoms with Crippen molar-refractivity contribution >= 4 is 0 Å².